The number of benzene rings is 2. The number of unbranched alkanes of at least 4 members (excludes halogenated alkanes) is 2. The fourth-order valence-electron chi connectivity index (χ4n) is 5.02. The van der Waals surface area contributed by atoms with Gasteiger partial charge in [-0.1, -0.05) is 42.8 Å². The van der Waals surface area contributed by atoms with Crippen LogP contribution < -0.4 is 10.6 Å². The summed E-state index contributed by atoms with van der Waals surface area (Å²) in [7, 11) is 0. The Morgan fingerprint density at radius 1 is 0.886 bits per heavy atom. The van der Waals surface area contributed by atoms with Crippen LogP contribution in [-0.2, 0) is 24.2 Å². The van der Waals surface area contributed by atoms with Crippen LogP contribution in [0.5, 0.6) is 0 Å². The molecule has 2 aromatic heterocycles. The molecule has 0 bridgehead atoms. The highest BCUT2D eigenvalue weighted by Crippen LogP contribution is 2.27. The number of aromatic nitrogens is 2. The average molecular weight is 472 g/mol. The Morgan fingerprint density at radius 2 is 1.69 bits per heavy atom. The van der Waals surface area contributed by atoms with Crippen molar-refractivity contribution in [2.24, 2.45) is 0 Å². The molecule has 0 unspecified atom stereocenters. The molecule has 2 aromatic carbocycles. The maximum atomic E-state index is 12.6. The minimum Gasteiger partial charge on any atom is -0.361 e. The number of amides is 3. The molecular formula is C28H33N5O2. The number of carbonyl (C=O) groups is 2. The third-order valence-electron chi connectivity index (χ3n) is 6.92. The third-order valence-corrected chi connectivity index (χ3v) is 6.92. The minimum atomic E-state index is -0.00988. The van der Waals surface area contributed by atoms with E-state index in [0.717, 1.165) is 55.4 Å². The van der Waals surface area contributed by atoms with E-state index in [0.29, 0.717) is 26.1 Å². The molecule has 0 fully saturated rings. The molecule has 0 radical (unpaired) electrons. The molecule has 0 aliphatic carbocycles. The number of nitrogens with zero attached hydrogens (tertiary/aromatic N) is 1. The fourth-order valence-corrected chi connectivity index (χ4v) is 5.02. The van der Waals surface area contributed by atoms with Crippen LogP contribution in [-0.4, -0.2) is 46.4 Å². The summed E-state index contributed by atoms with van der Waals surface area (Å²) in [6, 6.07) is 16.5. The molecule has 4 N–H and O–H groups in total. The molecule has 3 amide bonds. The number of carbonyl (C=O) groups excluding carboxylic acids is 2. The number of fused-ring (bicyclic) bond motifs is 4. The predicted molar refractivity (Wildman–Crippen MR) is 139 cm³/mol. The SMILES string of the molecule is O=C(CCCCCNC(=O)N1CCc2c([nH]c3ccccc23)C1)NCCc1c[nH]c2ccccc12. The summed E-state index contributed by atoms with van der Waals surface area (Å²) in [6.07, 6.45) is 6.87. The minimum absolute atomic E-state index is 0.00988. The normalized spacial score (nSPS) is 13.2. The van der Waals surface area contributed by atoms with Gasteiger partial charge in [-0.3, -0.25) is 4.79 Å². The molecule has 0 saturated carbocycles. The van der Waals surface area contributed by atoms with Gasteiger partial charge in [0, 0.05) is 59.8 Å². The van der Waals surface area contributed by atoms with Crippen LogP contribution in [0.3, 0.4) is 0 Å². The topological polar surface area (TPSA) is 93.0 Å². The maximum absolute atomic E-state index is 12.6. The van der Waals surface area contributed by atoms with Gasteiger partial charge in [-0.15, -0.1) is 0 Å². The van der Waals surface area contributed by atoms with E-state index in [2.05, 4.69) is 50.9 Å². The van der Waals surface area contributed by atoms with Crippen molar-refractivity contribution in [3.8, 4) is 0 Å². The van der Waals surface area contributed by atoms with Gasteiger partial charge in [0.25, 0.3) is 0 Å². The van der Waals surface area contributed by atoms with Crippen molar-refractivity contribution in [2.75, 3.05) is 19.6 Å². The quantitative estimate of drug-likeness (QED) is 0.268. The molecule has 1 aliphatic rings. The van der Waals surface area contributed by atoms with E-state index in [1.807, 2.05) is 29.3 Å². The highest BCUT2D eigenvalue weighted by Gasteiger charge is 2.23. The Balaban J connectivity index is 0.951. The van der Waals surface area contributed by atoms with Gasteiger partial charge in [-0.25, -0.2) is 4.79 Å². The van der Waals surface area contributed by atoms with Crippen molar-refractivity contribution in [1.29, 1.82) is 0 Å². The lowest BCUT2D eigenvalue weighted by atomic mass is 10.0. The lowest BCUT2D eigenvalue weighted by molar-refractivity contribution is -0.121. The summed E-state index contributed by atoms with van der Waals surface area (Å²) in [6.45, 7) is 2.63. The molecule has 4 aromatic rings. The van der Waals surface area contributed by atoms with Gasteiger partial charge in [0.05, 0.1) is 6.54 Å². The zero-order chi connectivity index (χ0) is 24.0. The van der Waals surface area contributed by atoms with Crippen molar-refractivity contribution in [2.45, 2.75) is 45.1 Å². The smallest absolute Gasteiger partial charge is 0.317 e. The molecule has 35 heavy (non-hydrogen) atoms. The zero-order valence-corrected chi connectivity index (χ0v) is 20.0. The number of hydrogen-bond donors (Lipinski definition) is 4. The number of rotatable bonds is 9. The molecule has 7 heteroatoms. The lowest BCUT2D eigenvalue weighted by Gasteiger charge is -2.27. The molecule has 7 nitrogen and oxygen atoms in total. The van der Waals surface area contributed by atoms with Gasteiger partial charge in [0.2, 0.25) is 5.91 Å². The van der Waals surface area contributed by atoms with Crippen LogP contribution >= 0.6 is 0 Å². The van der Waals surface area contributed by atoms with E-state index >= 15 is 0 Å². The van der Waals surface area contributed by atoms with Gasteiger partial charge < -0.3 is 25.5 Å². The first-order valence-corrected chi connectivity index (χ1v) is 12.6. The summed E-state index contributed by atoms with van der Waals surface area (Å²) in [5, 5.41) is 8.55. The molecule has 182 valence electrons. The van der Waals surface area contributed by atoms with Crippen molar-refractivity contribution >= 4 is 33.7 Å². The number of para-hydroxylation sites is 2. The Kier molecular flexibility index (Phi) is 7.02. The standard InChI is InChI=1S/C28H33N5O2/c34-27(29-16-13-20-18-31-24-10-5-3-8-21(20)24)12-2-1-7-15-30-28(35)33-17-14-23-22-9-4-6-11-25(22)32-26(23)19-33/h3-6,8-11,18,31-32H,1-2,7,12-17,19H2,(H,29,34)(H,30,35). The highest BCUT2D eigenvalue weighted by molar-refractivity contribution is 5.85. The van der Waals surface area contributed by atoms with E-state index in [1.54, 1.807) is 0 Å². The number of aromatic amines is 2. The predicted octanol–water partition coefficient (Wildman–Crippen LogP) is 4.64. The van der Waals surface area contributed by atoms with Gasteiger partial charge in [-0.05, 0) is 48.9 Å². The van der Waals surface area contributed by atoms with Crippen LogP contribution in [0.1, 0.15) is 42.5 Å². The zero-order valence-electron chi connectivity index (χ0n) is 20.0. The van der Waals surface area contributed by atoms with Crippen LogP contribution in [0.15, 0.2) is 54.7 Å². The van der Waals surface area contributed by atoms with Gasteiger partial charge in [-0.2, -0.15) is 0 Å². The van der Waals surface area contributed by atoms with Gasteiger partial charge in [0.1, 0.15) is 0 Å². The molecule has 0 atom stereocenters. The Morgan fingerprint density at radius 3 is 2.57 bits per heavy atom. The number of hydrogen-bond acceptors (Lipinski definition) is 2. The van der Waals surface area contributed by atoms with E-state index in [-0.39, 0.29) is 11.9 Å². The Bertz CT molecular complexity index is 1320. The molecule has 0 spiro atoms. The monoisotopic (exact) mass is 471 g/mol. The fraction of sp³-hybridized carbons (Fsp3) is 0.357. The van der Waals surface area contributed by atoms with Crippen molar-refractivity contribution in [1.82, 2.24) is 25.5 Å². The van der Waals surface area contributed by atoms with Crippen LogP contribution in [0.25, 0.3) is 21.8 Å². The van der Waals surface area contributed by atoms with E-state index in [9.17, 15) is 9.59 Å². The second kappa shape index (κ2) is 10.7. The van der Waals surface area contributed by atoms with E-state index in [1.165, 1.54) is 21.9 Å². The molecular weight excluding hydrogens is 438 g/mol. The summed E-state index contributed by atoms with van der Waals surface area (Å²) in [5.74, 6) is 0.0938. The summed E-state index contributed by atoms with van der Waals surface area (Å²) in [4.78, 5) is 33.4. The van der Waals surface area contributed by atoms with E-state index < -0.39 is 0 Å². The largest absolute Gasteiger partial charge is 0.361 e. The van der Waals surface area contributed by atoms with Crippen LogP contribution in [0.4, 0.5) is 4.79 Å². The van der Waals surface area contributed by atoms with Gasteiger partial charge in [0.15, 0.2) is 0 Å². The second-order valence-electron chi connectivity index (χ2n) is 9.30. The van der Waals surface area contributed by atoms with Crippen molar-refractivity contribution in [3.05, 3.63) is 71.5 Å². The molecule has 3 heterocycles. The lowest BCUT2D eigenvalue weighted by Crippen LogP contribution is -2.43. The highest BCUT2D eigenvalue weighted by atomic mass is 16.2. The van der Waals surface area contributed by atoms with Crippen molar-refractivity contribution in [3.63, 3.8) is 0 Å². The summed E-state index contributed by atoms with van der Waals surface area (Å²) >= 11 is 0. The third kappa shape index (κ3) is 5.34. The first-order chi connectivity index (χ1) is 17.2. The second-order valence-corrected chi connectivity index (χ2v) is 9.30. The van der Waals surface area contributed by atoms with Gasteiger partial charge >= 0.3 is 6.03 Å². The maximum Gasteiger partial charge on any atom is 0.317 e. The number of H-pyrrole nitrogens is 2. The Hall–Kier alpha value is -3.74. The summed E-state index contributed by atoms with van der Waals surface area (Å²) in [5.41, 5.74) is 5.98. The Labute approximate surface area is 205 Å². The molecule has 1 aliphatic heterocycles. The van der Waals surface area contributed by atoms with Crippen LogP contribution in [0, 0.1) is 0 Å². The van der Waals surface area contributed by atoms with Crippen LogP contribution in [0.2, 0.25) is 0 Å². The number of urea groups is 1. The van der Waals surface area contributed by atoms with Crippen molar-refractivity contribution < 1.29 is 9.59 Å². The molecule has 0 saturated heterocycles. The molecule has 5 rings (SSSR count). The summed E-state index contributed by atoms with van der Waals surface area (Å²) < 4.78 is 0. The first-order valence-electron chi connectivity index (χ1n) is 12.6. The average Bonchev–Trinajstić information content (AvgIpc) is 3.47. The first kappa shape index (κ1) is 23.0. The van der Waals surface area contributed by atoms with E-state index in [4.69, 9.17) is 0 Å². The number of nitrogens with one attached hydrogen (secondary N) is 4.